The fourth-order valence-corrected chi connectivity index (χ4v) is 5.68. The summed E-state index contributed by atoms with van der Waals surface area (Å²) in [4.78, 5) is 6.93. The van der Waals surface area contributed by atoms with Gasteiger partial charge in [-0.15, -0.1) is 0 Å². The van der Waals surface area contributed by atoms with Crippen LogP contribution >= 0.6 is 0 Å². The number of aliphatic hydroxyl groups is 1. The summed E-state index contributed by atoms with van der Waals surface area (Å²) in [6, 6.07) is 27.5. The van der Waals surface area contributed by atoms with Crippen LogP contribution in [-0.4, -0.2) is 61.4 Å². The van der Waals surface area contributed by atoms with Crippen molar-refractivity contribution in [3.05, 3.63) is 96.1 Å². The molecule has 2 aliphatic heterocycles. The number of aliphatic hydroxyl groups excluding tert-OH is 1. The molecule has 0 amide bonds. The zero-order valence-electron chi connectivity index (χ0n) is 22.2. The van der Waals surface area contributed by atoms with Gasteiger partial charge in [-0.25, -0.2) is 0 Å². The van der Waals surface area contributed by atoms with E-state index >= 15 is 0 Å². The van der Waals surface area contributed by atoms with Gasteiger partial charge in [0.05, 0.1) is 23.9 Å². The predicted molar refractivity (Wildman–Crippen MR) is 156 cm³/mol. The Bertz CT molecular complexity index is 1290. The number of piperazine rings is 1. The van der Waals surface area contributed by atoms with Crippen molar-refractivity contribution in [3.63, 3.8) is 0 Å². The third kappa shape index (κ3) is 5.49. The number of hydrogen-bond acceptors (Lipinski definition) is 6. The molecular formula is C32H37N5O. The molecule has 2 fully saturated rings. The highest BCUT2D eigenvalue weighted by molar-refractivity contribution is 5.68. The number of nitrogens with zero attached hydrogens (tertiary/aromatic N) is 4. The third-order valence-electron chi connectivity index (χ3n) is 7.95. The second-order valence-corrected chi connectivity index (χ2v) is 10.3. The van der Waals surface area contributed by atoms with E-state index in [0.29, 0.717) is 6.04 Å². The number of benzene rings is 3. The number of rotatable bonds is 7. The van der Waals surface area contributed by atoms with Gasteiger partial charge in [-0.05, 0) is 61.2 Å². The zero-order chi connectivity index (χ0) is 26.5. The summed E-state index contributed by atoms with van der Waals surface area (Å²) in [5.74, 6) is 0. The summed E-state index contributed by atoms with van der Waals surface area (Å²) >= 11 is 0. The van der Waals surface area contributed by atoms with Gasteiger partial charge in [0.15, 0.2) is 0 Å². The number of aryl methyl sites for hydroxylation is 1. The predicted octanol–water partition coefficient (Wildman–Crippen LogP) is 5.10. The van der Waals surface area contributed by atoms with Gasteiger partial charge in [0.1, 0.15) is 6.07 Å². The molecule has 1 atom stereocenters. The molecule has 3 aromatic rings. The van der Waals surface area contributed by atoms with Crippen LogP contribution in [0.25, 0.3) is 5.70 Å². The topological polar surface area (TPSA) is 65.8 Å². The third-order valence-corrected chi connectivity index (χ3v) is 7.95. The summed E-state index contributed by atoms with van der Waals surface area (Å²) < 4.78 is 0. The van der Waals surface area contributed by atoms with Gasteiger partial charge in [0.25, 0.3) is 0 Å². The minimum absolute atomic E-state index is 0.0299. The molecule has 0 unspecified atom stereocenters. The summed E-state index contributed by atoms with van der Waals surface area (Å²) in [6.45, 7) is 11.0. The van der Waals surface area contributed by atoms with Crippen LogP contribution in [0.5, 0.6) is 0 Å². The number of para-hydroxylation sites is 2. The van der Waals surface area contributed by atoms with Gasteiger partial charge in [-0.3, -0.25) is 0 Å². The molecule has 5 rings (SSSR count). The highest BCUT2D eigenvalue weighted by Crippen LogP contribution is 2.30. The average Bonchev–Trinajstić information content (AvgIpc) is 2.98. The maximum absolute atomic E-state index is 10.1. The van der Waals surface area contributed by atoms with Crippen LogP contribution in [0.15, 0.2) is 79.4 Å². The van der Waals surface area contributed by atoms with Crippen molar-refractivity contribution in [1.82, 2.24) is 4.90 Å². The van der Waals surface area contributed by atoms with Crippen LogP contribution in [0.4, 0.5) is 17.1 Å². The van der Waals surface area contributed by atoms with E-state index in [0.717, 1.165) is 79.5 Å². The molecule has 196 valence electrons. The van der Waals surface area contributed by atoms with Crippen LogP contribution < -0.4 is 15.1 Å². The molecule has 0 bridgehead atoms. The Morgan fingerprint density at radius 3 is 2.47 bits per heavy atom. The van der Waals surface area contributed by atoms with E-state index in [2.05, 4.69) is 69.9 Å². The minimum Gasteiger partial charge on any atom is -0.394 e. The monoisotopic (exact) mass is 507 g/mol. The molecule has 0 aromatic heterocycles. The number of piperidine rings is 1. The molecule has 38 heavy (non-hydrogen) atoms. The van der Waals surface area contributed by atoms with E-state index in [-0.39, 0.29) is 12.6 Å². The standard InChI is InChI=1S/C32H37N5O/c1-24-12-13-26(25(2)36-18-19-37(30(22-36)23-38)29-9-4-3-5-10-29)20-31(24)34-28-14-16-35(17-15-28)32-11-7-6-8-27(32)21-33/h3-13,20,28,30,34,38H,2,14-19,22-23H2,1H3/t30-/m1/s1. The molecule has 0 aliphatic carbocycles. The maximum Gasteiger partial charge on any atom is 0.101 e. The molecule has 2 saturated heterocycles. The summed E-state index contributed by atoms with van der Waals surface area (Å²) in [6.07, 6.45) is 2.04. The van der Waals surface area contributed by atoms with Crippen LogP contribution in [0, 0.1) is 18.3 Å². The van der Waals surface area contributed by atoms with Gasteiger partial charge >= 0.3 is 0 Å². The number of hydrogen-bond donors (Lipinski definition) is 2. The quantitative estimate of drug-likeness (QED) is 0.464. The second-order valence-electron chi connectivity index (χ2n) is 10.3. The molecule has 0 spiro atoms. The Labute approximate surface area is 226 Å². The van der Waals surface area contributed by atoms with Crippen LogP contribution in [0.3, 0.4) is 0 Å². The smallest absolute Gasteiger partial charge is 0.101 e. The summed E-state index contributed by atoms with van der Waals surface area (Å²) in [7, 11) is 0. The average molecular weight is 508 g/mol. The fraction of sp³-hybridized carbons (Fsp3) is 0.344. The normalized spacial score (nSPS) is 18.2. The van der Waals surface area contributed by atoms with Crippen molar-refractivity contribution in [2.75, 3.05) is 54.4 Å². The lowest BCUT2D eigenvalue weighted by molar-refractivity contribution is 0.209. The minimum atomic E-state index is 0.0299. The Hall–Kier alpha value is -3.95. The van der Waals surface area contributed by atoms with E-state index in [1.165, 1.54) is 5.56 Å². The van der Waals surface area contributed by atoms with Crippen molar-refractivity contribution in [2.45, 2.75) is 31.8 Å². The maximum atomic E-state index is 10.1. The van der Waals surface area contributed by atoms with Gasteiger partial charge in [-0.2, -0.15) is 5.26 Å². The second kappa shape index (κ2) is 11.6. The molecule has 3 aromatic carbocycles. The van der Waals surface area contributed by atoms with E-state index in [9.17, 15) is 10.4 Å². The first kappa shape index (κ1) is 25.7. The van der Waals surface area contributed by atoms with Crippen molar-refractivity contribution in [1.29, 1.82) is 5.26 Å². The molecule has 2 aliphatic rings. The van der Waals surface area contributed by atoms with E-state index in [1.54, 1.807) is 0 Å². The van der Waals surface area contributed by atoms with Gasteiger partial charge in [-0.1, -0.05) is 49.0 Å². The molecule has 2 heterocycles. The van der Waals surface area contributed by atoms with Gasteiger partial charge in [0.2, 0.25) is 0 Å². The molecule has 2 N–H and O–H groups in total. The Morgan fingerprint density at radius 1 is 1.00 bits per heavy atom. The lowest BCUT2D eigenvalue weighted by Crippen LogP contribution is -2.54. The highest BCUT2D eigenvalue weighted by atomic mass is 16.3. The van der Waals surface area contributed by atoms with Crippen LogP contribution in [0.1, 0.15) is 29.5 Å². The number of anilines is 3. The summed E-state index contributed by atoms with van der Waals surface area (Å²) in [5, 5.41) is 23.4. The van der Waals surface area contributed by atoms with Crippen molar-refractivity contribution < 1.29 is 5.11 Å². The zero-order valence-corrected chi connectivity index (χ0v) is 22.2. The first-order chi connectivity index (χ1) is 18.6. The fourth-order valence-electron chi connectivity index (χ4n) is 5.68. The largest absolute Gasteiger partial charge is 0.394 e. The van der Waals surface area contributed by atoms with Gasteiger partial charge < -0.3 is 25.1 Å². The molecule has 0 radical (unpaired) electrons. The number of nitrogens with one attached hydrogen (secondary N) is 1. The van der Waals surface area contributed by atoms with E-state index in [4.69, 9.17) is 0 Å². The van der Waals surface area contributed by atoms with Crippen molar-refractivity contribution in [2.24, 2.45) is 0 Å². The van der Waals surface area contributed by atoms with Crippen LogP contribution in [-0.2, 0) is 0 Å². The first-order valence-corrected chi connectivity index (χ1v) is 13.6. The molecular weight excluding hydrogens is 470 g/mol. The Morgan fingerprint density at radius 2 is 1.74 bits per heavy atom. The first-order valence-electron chi connectivity index (χ1n) is 13.6. The van der Waals surface area contributed by atoms with Crippen LogP contribution in [0.2, 0.25) is 0 Å². The lowest BCUT2D eigenvalue weighted by Gasteiger charge is -2.43. The Kier molecular flexibility index (Phi) is 7.86. The SMILES string of the molecule is C=C(c1ccc(C)c(NC2CCN(c3ccccc3C#N)CC2)c1)N1CCN(c2ccccc2)[C@@H](CO)C1. The molecule has 6 heteroatoms. The Balaban J connectivity index is 1.22. The lowest BCUT2D eigenvalue weighted by atomic mass is 10.0. The summed E-state index contributed by atoms with van der Waals surface area (Å²) in [5.41, 5.74) is 7.43. The van der Waals surface area contributed by atoms with E-state index < -0.39 is 0 Å². The van der Waals surface area contributed by atoms with E-state index in [1.807, 2.05) is 42.5 Å². The van der Waals surface area contributed by atoms with Crippen molar-refractivity contribution >= 4 is 22.8 Å². The number of nitriles is 1. The van der Waals surface area contributed by atoms with Crippen molar-refractivity contribution in [3.8, 4) is 6.07 Å². The highest BCUT2D eigenvalue weighted by Gasteiger charge is 2.28. The molecule has 0 saturated carbocycles. The molecule has 6 nitrogen and oxygen atoms in total. The van der Waals surface area contributed by atoms with Gasteiger partial charge in [0, 0.05) is 55.8 Å².